The molecule has 0 aliphatic carbocycles. The Morgan fingerprint density at radius 3 is 2.48 bits per heavy atom. The van der Waals surface area contributed by atoms with E-state index in [4.69, 9.17) is 9.47 Å². The van der Waals surface area contributed by atoms with Crippen LogP contribution >= 0.6 is 0 Å². The summed E-state index contributed by atoms with van der Waals surface area (Å²) in [5.41, 5.74) is 1.21. The summed E-state index contributed by atoms with van der Waals surface area (Å²) in [5.74, 6) is 2.05. The second kappa shape index (κ2) is 8.09. The molecule has 5 nitrogen and oxygen atoms in total. The number of carbonyl (C=O) groups excluding carboxylic acids is 1. The monoisotopic (exact) mass is 346 g/mol. The maximum absolute atomic E-state index is 12.1. The predicted octanol–water partition coefficient (Wildman–Crippen LogP) is 3.15. The van der Waals surface area contributed by atoms with Gasteiger partial charge in [0.15, 0.2) is 11.5 Å². The number of amides is 1. The highest BCUT2D eigenvalue weighted by molar-refractivity contribution is 5.78. The Bertz CT molecular complexity index is 595. The topological polar surface area (TPSA) is 50.8 Å². The fourth-order valence-electron chi connectivity index (χ4n) is 3.53. The molecule has 1 N–H and O–H groups in total. The van der Waals surface area contributed by atoms with E-state index in [0.29, 0.717) is 19.3 Å². The van der Waals surface area contributed by atoms with E-state index in [-0.39, 0.29) is 17.9 Å². The first-order valence-electron chi connectivity index (χ1n) is 9.49. The van der Waals surface area contributed by atoms with Crippen LogP contribution in [0.5, 0.6) is 11.5 Å². The van der Waals surface area contributed by atoms with Crippen molar-refractivity contribution in [2.75, 3.05) is 26.3 Å². The van der Waals surface area contributed by atoms with Crippen LogP contribution in [0.1, 0.15) is 51.6 Å². The predicted molar refractivity (Wildman–Crippen MR) is 98.0 cm³/mol. The average molecular weight is 346 g/mol. The Morgan fingerprint density at radius 1 is 1.12 bits per heavy atom. The number of hydrogen-bond acceptors (Lipinski definition) is 4. The van der Waals surface area contributed by atoms with Gasteiger partial charge in [-0.15, -0.1) is 0 Å². The Hall–Kier alpha value is -1.75. The van der Waals surface area contributed by atoms with Gasteiger partial charge in [0.1, 0.15) is 0 Å². The summed E-state index contributed by atoms with van der Waals surface area (Å²) in [6.07, 6.45) is 2.94. The largest absolute Gasteiger partial charge is 0.490 e. The zero-order valence-corrected chi connectivity index (χ0v) is 15.6. The molecule has 1 aromatic carbocycles. The lowest BCUT2D eigenvalue weighted by Gasteiger charge is -2.35. The maximum Gasteiger partial charge on any atom is 0.225 e. The van der Waals surface area contributed by atoms with Gasteiger partial charge in [0.2, 0.25) is 5.91 Å². The number of rotatable bonds is 4. The van der Waals surface area contributed by atoms with Crippen LogP contribution in [0.15, 0.2) is 18.2 Å². The van der Waals surface area contributed by atoms with Crippen LogP contribution in [0, 0.1) is 5.92 Å². The molecule has 2 aliphatic rings. The number of nitrogens with one attached hydrogen (secondary N) is 1. The summed E-state index contributed by atoms with van der Waals surface area (Å²) >= 11 is 0. The SMILES string of the molecule is CC(C)C(=O)N1CCC(NC(C)c2ccc3c(c2)OCCCO3)CC1. The van der Waals surface area contributed by atoms with Gasteiger partial charge in [0.25, 0.3) is 0 Å². The molecule has 0 spiro atoms. The number of piperidine rings is 1. The second-order valence-corrected chi connectivity index (χ2v) is 7.40. The summed E-state index contributed by atoms with van der Waals surface area (Å²) in [6, 6.07) is 6.91. The quantitative estimate of drug-likeness (QED) is 0.910. The third kappa shape index (κ3) is 4.46. The molecule has 1 atom stereocenters. The number of hydrogen-bond donors (Lipinski definition) is 1. The molecule has 25 heavy (non-hydrogen) atoms. The van der Waals surface area contributed by atoms with Crippen LogP contribution in [0.25, 0.3) is 0 Å². The highest BCUT2D eigenvalue weighted by atomic mass is 16.5. The number of nitrogens with zero attached hydrogens (tertiary/aromatic N) is 1. The van der Waals surface area contributed by atoms with Crippen LogP contribution in [0.2, 0.25) is 0 Å². The minimum atomic E-state index is 0.0882. The minimum absolute atomic E-state index is 0.0882. The smallest absolute Gasteiger partial charge is 0.225 e. The van der Waals surface area contributed by atoms with Crippen molar-refractivity contribution in [3.05, 3.63) is 23.8 Å². The maximum atomic E-state index is 12.1. The molecule has 0 radical (unpaired) electrons. The van der Waals surface area contributed by atoms with Crippen molar-refractivity contribution in [2.45, 2.75) is 52.1 Å². The van der Waals surface area contributed by atoms with Crippen molar-refractivity contribution in [1.29, 1.82) is 0 Å². The highest BCUT2D eigenvalue weighted by Crippen LogP contribution is 2.32. The van der Waals surface area contributed by atoms with Gasteiger partial charge in [-0.3, -0.25) is 4.79 Å². The summed E-state index contributed by atoms with van der Waals surface area (Å²) in [4.78, 5) is 14.1. The van der Waals surface area contributed by atoms with Crippen molar-refractivity contribution in [2.24, 2.45) is 5.92 Å². The van der Waals surface area contributed by atoms with Crippen molar-refractivity contribution >= 4 is 5.91 Å². The van der Waals surface area contributed by atoms with E-state index in [0.717, 1.165) is 43.9 Å². The van der Waals surface area contributed by atoms with Gasteiger partial charge in [-0.25, -0.2) is 0 Å². The fourth-order valence-corrected chi connectivity index (χ4v) is 3.53. The van der Waals surface area contributed by atoms with Gasteiger partial charge < -0.3 is 19.7 Å². The first-order valence-corrected chi connectivity index (χ1v) is 9.49. The molecule has 0 aromatic heterocycles. The highest BCUT2D eigenvalue weighted by Gasteiger charge is 2.25. The molecular weight excluding hydrogens is 316 g/mol. The molecule has 0 bridgehead atoms. The molecule has 1 fully saturated rings. The van der Waals surface area contributed by atoms with Crippen LogP contribution < -0.4 is 14.8 Å². The number of ether oxygens (including phenoxy) is 2. The Kier molecular flexibility index (Phi) is 5.84. The molecule has 5 heteroatoms. The molecule has 0 saturated carbocycles. The Balaban J connectivity index is 1.55. The van der Waals surface area contributed by atoms with E-state index in [2.05, 4.69) is 24.4 Å². The van der Waals surface area contributed by atoms with Crippen LogP contribution in [-0.2, 0) is 4.79 Å². The van der Waals surface area contributed by atoms with Crippen molar-refractivity contribution in [1.82, 2.24) is 10.2 Å². The summed E-state index contributed by atoms with van der Waals surface area (Å²) in [6.45, 7) is 9.25. The summed E-state index contributed by atoms with van der Waals surface area (Å²) in [5, 5.41) is 3.71. The van der Waals surface area contributed by atoms with E-state index in [1.807, 2.05) is 24.8 Å². The van der Waals surface area contributed by atoms with Crippen molar-refractivity contribution in [3.8, 4) is 11.5 Å². The van der Waals surface area contributed by atoms with Crippen molar-refractivity contribution < 1.29 is 14.3 Å². The fraction of sp³-hybridized carbons (Fsp3) is 0.650. The zero-order chi connectivity index (χ0) is 17.8. The zero-order valence-electron chi connectivity index (χ0n) is 15.6. The summed E-state index contributed by atoms with van der Waals surface area (Å²) in [7, 11) is 0. The molecule has 1 amide bonds. The van der Waals surface area contributed by atoms with Gasteiger partial charge in [0, 0.05) is 37.5 Å². The van der Waals surface area contributed by atoms with Gasteiger partial charge in [-0.05, 0) is 37.5 Å². The number of fused-ring (bicyclic) bond motifs is 1. The molecule has 2 heterocycles. The van der Waals surface area contributed by atoms with E-state index in [1.165, 1.54) is 5.56 Å². The molecule has 138 valence electrons. The van der Waals surface area contributed by atoms with E-state index >= 15 is 0 Å². The molecule has 2 aliphatic heterocycles. The Morgan fingerprint density at radius 2 is 1.80 bits per heavy atom. The second-order valence-electron chi connectivity index (χ2n) is 7.40. The molecule has 1 unspecified atom stereocenters. The molecule has 3 rings (SSSR count). The van der Waals surface area contributed by atoms with Gasteiger partial charge >= 0.3 is 0 Å². The normalized spacial score (nSPS) is 19.6. The Labute approximate surface area is 150 Å². The first kappa shape index (κ1) is 18.1. The minimum Gasteiger partial charge on any atom is -0.490 e. The van der Waals surface area contributed by atoms with Crippen LogP contribution in [0.4, 0.5) is 0 Å². The number of carbonyl (C=O) groups is 1. The molecule has 1 aromatic rings. The summed E-state index contributed by atoms with van der Waals surface area (Å²) < 4.78 is 11.5. The lowest BCUT2D eigenvalue weighted by atomic mass is 10.0. The van der Waals surface area contributed by atoms with Crippen molar-refractivity contribution in [3.63, 3.8) is 0 Å². The average Bonchev–Trinajstić information content (AvgIpc) is 2.86. The van der Waals surface area contributed by atoms with E-state index in [9.17, 15) is 4.79 Å². The number of benzene rings is 1. The van der Waals surface area contributed by atoms with E-state index < -0.39 is 0 Å². The van der Waals surface area contributed by atoms with Crippen LogP contribution in [-0.4, -0.2) is 43.2 Å². The standard InChI is InChI=1S/C20H30N2O3/c1-14(2)20(23)22-9-7-17(8-10-22)21-15(3)16-5-6-18-19(13-16)25-12-4-11-24-18/h5-6,13-15,17,21H,4,7-12H2,1-3H3. The lowest BCUT2D eigenvalue weighted by Crippen LogP contribution is -2.46. The van der Waals surface area contributed by atoms with Gasteiger partial charge in [0.05, 0.1) is 13.2 Å². The number of likely N-dealkylation sites (tertiary alicyclic amines) is 1. The molecular formula is C20H30N2O3. The van der Waals surface area contributed by atoms with Gasteiger partial charge in [-0.2, -0.15) is 0 Å². The third-order valence-corrected chi connectivity index (χ3v) is 5.06. The first-order chi connectivity index (χ1) is 12.0. The van der Waals surface area contributed by atoms with Crippen LogP contribution in [0.3, 0.4) is 0 Å². The molecule has 1 saturated heterocycles. The van der Waals surface area contributed by atoms with E-state index in [1.54, 1.807) is 0 Å². The van der Waals surface area contributed by atoms with Gasteiger partial charge in [-0.1, -0.05) is 19.9 Å². The lowest BCUT2D eigenvalue weighted by molar-refractivity contribution is -0.135. The third-order valence-electron chi connectivity index (χ3n) is 5.06.